The van der Waals surface area contributed by atoms with Crippen LogP contribution in [0.25, 0.3) is 0 Å². The predicted molar refractivity (Wildman–Crippen MR) is 68.5 cm³/mol. The SMILES string of the molecule is CC(C)CN(c1ccncc1C(=O)O)C(C)C. The zero-order chi connectivity index (χ0) is 13.0. The summed E-state index contributed by atoms with van der Waals surface area (Å²) in [5.41, 5.74) is 1.01. The van der Waals surface area contributed by atoms with Gasteiger partial charge >= 0.3 is 5.97 Å². The van der Waals surface area contributed by atoms with Crippen LogP contribution in [0.4, 0.5) is 5.69 Å². The van der Waals surface area contributed by atoms with Crippen LogP contribution in [0, 0.1) is 5.92 Å². The third kappa shape index (κ3) is 3.44. The fraction of sp³-hybridized carbons (Fsp3) is 0.538. The smallest absolute Gasteiger partial charge is 0.339 e. The van der Waals surface area contributed by atoms with Crippen molar-refractivity contribution in [2.45, 2.75) is 33.7 Å². The van der Waals surface area contributed by atoms with E-state index < -0.39 is 5.97 Å². The first-order valence-corrected chi connectivity index (χ1v) is 5.87. The molecule has 0 unspecified atom stereocenters. The Bertz CT molecular complexity index is 389. The second kappa shape index (κ2) is 5.66. The molecule has 0 bridgehead atoms. The first-order valence-electron chi connectivity index (χ1n) is 5.87. The lowest BCUT2D eigenvalue weighted by Crippen LogP contribution is -2.35. The maximum Gasteiger partial charge on any atom is 0.339 e. The summed E-state index contributed by atoms with van der Waals surface area (Å²) in [6.07, 6.45) is 3.05. The van der Waals surface area contributed by atoms with Crippen LogP contribution in [-0.2, 0) is 0 Å². The summed E-state index contributed by atoms with van der Waals surface area (Å²) < 4.78 is 0. The monoisotopic (exact) mass is 236 g/mol. The number of anilines is 1. The number of hydrogen-bond donors (Lipinski definition) is 1. The highest BCUT2D eigenvalue weighted by atomic mass is 16.4. The molecule has 0 radical (unpaired) electrons. The zero-order valence-electron chi connectivity index (χ0n) is 10.8. The van der Waals surface area contributed by atoms with Crippen molar-refractivity contribution < 1.29 is 9.90 Å². The van der Waals surface area contributed by atoms with Crippen LogP contribution >= 0.6 is 0 Å². The van der Waals surface area contributed by atoms with Gasteiger partial charge in [-0.05, 0) is 25.8 Å². The lowest BCUT2D eigenvalue weighted by atomic mass is 10.1. The highest BCUT2D eigenvalue weighted by Gasteiger charge is 2.18. The molecule has 0 fully saturated rings. The van der Waals surface area contributed by atoms with Crippen molar-refractivity contribution >= 4 is 11.7 Å². The van der Waals surface area contributed by atoms with Crippen molar-refractivity contribution in [1.29, 1.82) is 0 Å². The van der Waals surface area contributed by atoms with Crippen molar-refractivity contribution in [2.24, 2.45) is 5.92 Å². The Kier molecular flexibility index (Phi) is 4.49. The maximum atomic E-state index is 11.2. The zero-order valence-corrected chi connectivity index (χ0v) is 10.8. The van der Waals surface area contributed by atoms with E-state index in [1.807, 2.05) is 0 Å². The van der Waals surface area contributed by atoms with E-state index >= 15 is 0 Å². The first kappa shape index (κ1) is 13.5. The molecule has 0 aromatic carbocycles. The van der Waals surface area contributed by atoms with E-state index in [1.165, 1.54) is 6.20 Å². The van der Waals surface area contributed by atoms with E-state index in [0.29, 0.717) is 5.92 Å². The van der Waals surface area contributed by atoms with Gasteiger partial charge in [-0.25, -0.2) is 4.79 Å². The molecule has 0 atom stereocenters. The van der Waals surface area contributed by atoms with Crippen molar-refractivity contribution in [3.05, 3.63) is 24.0 Å². The summed E-state index contributed by atoms with van der Waals surface area (Å²) in [6, 6.07) is 2.03. The molecular formula is C13H20N2O2. The topological polar surface area (TPSA) is 53.4 Å². The summed E-state index contributed by atoms with van der Waals surface area (Å²) in [7, 11) is 0. The van der Waals surface area contributed by atoms with Gasteiger partial charge in [0, 0.05) is 25.0 Å². The average molecular weight is 236 g/mol. The molecule has 0 aliphatic rings. The normalized spacial score (nSPS) is 10.9. The van der Waals surface area contributed by atoms with Crippen LogP contribution in [0.1, 0.15) is 38.1 Å². The van der Waals surface area contributed by atoms with Crippen LogP contribution in [0.5, 0.6) is 0 Å². The standard InChI is InChI=1S/C13H20N2O2/c1-9(2)8-15(10(3)4)12-5-6-14-7-11(12)13(16)17/h5-7,9-10H,8H2,1-4H3,(H,16,17). The minimum Gasteiger partial charge on any atom is -0.478 e. The lowest BCUT2D eigenvalue weighted by molar-refractivity contribution is 0.0697. The van der Waals surface area contributed by atoms with Gasteiger partial charge in [0.1, 0.15) is 5.56 Å². The van der Waals surface area contributed by atoms with Crippen molar-refractivity contribution in [2.75, 3.05) is 11.4 Å². The quantitative estimate of drug-likeness (QED) is 0.854. The fourth-order valence-electron chi connectivity index (χ4n) is 1.78. The number of carboxylic acids is 1. The average Bonchev–Trinajstić information content (AvgIpc) is 2.25. The Labute approximate surface area is 102 Å². The molecule has 1 aromatic heterocycles. The summed E-state index contributed by atoms with van der Waals surface area (Å²) >= 11 is 0. The van der Waals surface area contributed by atoms with Crippen LogP contribution in [0.2, 0.25) is 0 Å². The van der Waals surface area contributed by atoms with Gasteiger partial charge in [-0.1, -0.05) is 13.8 Å². The van der Waals surface area contributed by atoms with Crippen molar-refractivity contribution in [3.8, 4) is 0 Å². The molecule has 4 heteroatoms. The highest BCUT2D eigenvalue weighted by Crippen LogP contribution is 2.22. The number of carboxylic acid groups (broad SMARTS) is 1. The molecule has 1 aromatic rings. The molecule has 0 amide bonds. The van der Waals surface area contributed by atoms with Crippen LogP contribution in [0.3, 0.4) is 0 Å². The second-order valence-corrected chi connectivity index (χ2v) is 4.84. The molecule has 1 rings (SSSR count). The molecule has 1 heterocycles. The molecule has 0 saturated carbocycles. The third-order valence-electron chi connectivity index (χ3n) is 2.52. The van der Waals surface area contributed by atoms with Gasteiger partial charge in [0.05, 0.1) is 5.69 Å². The second-order valence-electron chi connectivity index (χ2n) is 4.84. The molecule has 0 spiro atoms. The van der Waals surface area contributed by atoms with Gasteiger partial charge in [-0.15, -0.1) is 0 Å². The fourth-order valence-corrected chi connectivity index (χ4v) is 1.78. The largest absolute Gasteiger partial charge is 0.478 e. The Morgan fingerprint density at radius 3 is 2.53 bits per heavy atom. The summed E-state index contributed by atoms with van der Waals surface area (Å²) in [5.74, 6) is -0.449. The number of hydrogen-bond acceptors (Lipinski definition) is 3. The Morgan fingerprint density at radius 1 is 1.41 bits per heavy atom. The minimum atomic E-state index is -0.928. The molecular weight excluding hydrogens is 216 g/mol. The van der Waals surface area contributed by atoms with Crippen LogP contribution < -0.4 is 4.90 Å². The van der Waals surface area contributed by atoms with Gasteiger partial charge in [0.2, 0.25) is 0 Å². The van der Waals surface area contributed by atoms with E-state index in [1.54, 1.807) is 12.3 Å². The number of rotatable bonds is 5. The van der Waals surface area contributed by atoms with Gasteiger partial charge < -0.3 is 10.0 Å². The van der Waals surface area contributed by atoms with Crippen LogP contribution in [0.15, 0.2) is 18.5 Å². The maximum absolute atomic E-state index is 11.2. The molecule has 0 saturated heterocycles. The van der Waals surface area contributed by atoms with Gasteiger partial charge in [-0.2, -0.15) is 0 Å². The van der Waals surface area contributed by atoms with Crippen LogP contribution in [-0.4, -0.2) is 28.6 Å². The van der Waals surface area contributed by atoms with E-state index in [-0.39, 0.29) is 11.6 Å². The molecule has 0 aliphatic carbocycles. The number of aromatic carboxylic acids is 1. The summed E-state index contributed by atoms with van der Waals surface area (Å²) in [6.45, 7) is 9.21. The van der Waals surface area contributed by atoms with Gasteiger partial charge in [0.25, 0.3) is 0 Å². The van der Waals surface area contributed by atoms with E-state index in [4.69, 9.17) is 5.11 Å². The number of aromatic nitrogens is 1. The van der Waals surface area contributed by atoms with E-state index in [9.17, 15) is 4.79 Å². The minimum absolute atomic E-state index is 0.262. The van der Waals surface area contributed by atoms with Crippen molar-refractivity contribution in [1.82, 2.24) is 4.98 Å². The lowest BCUT2D eigenvalue weighted by Gasteiger charge is -2.31. The summed E-state index contributed by atoms with van der Waals surface area (Å²) in [5, 5.41) is 9.16. The first-order chi connectivity index (χ1) is 7.93. The Balaban J connectivity index is 3.13. The molecule has 4 nitrogen and oxygen atoms in total. The number of pyridine rings is 1. The Morgan fingerprint density at radius 2 is 2.06 bits per heavy atom. The molecule has 17 heavy (non-hydrogen) atoms. The van der Waals surface area contributed by atoms with Gasteiger partial charge in [-0.3, -0.25) is 4.98 Å². The van der Waals surface area contributed by atoms with E-state index in [2.05, 4.69) is 37.6 Å². The van der Waals surface area contributed by atoms with Crippen molar-refractivity contribution in [3.63, 3.8) is 0 Å². The summed E-state index contributed by atoms with van der Waals surface area (Å²) in [4.78, 5) is 17.2. The van der Waals surface area contributed by atoms with E-state index in [0.717, 1.165) is 12.2 Å². The number of carbonyl (C=O) groups is 1. The predicted octanol–water partition coefficient (Wildman–Crippen LogP) is 2.65. The Hall–Kier alpha value is -1.58. The molecule has 1 N–H and O–H groups in total. The molecule has 0 aliphatic heterocycles. The molecule has 94 valence electrons. The highest BCUT2D eigenvalue weighted by molar-refractivity contribution is 5.94. The number of nitrogens with zero attached hydrogens (tertiary/aromatic N) is 2. The van der Waals surface area contributed by atoms with Gasteiger partial charge in [0.15, 0.2) is 0 Å². The third-order valence-corrected chi connectivity index (χ3v) is 2.52.